The molecule has 1 heterocycles. The summed E-state index contributed by atoms with van der Waals surface area (Å²) in [5, 5.41) is 6.96. The third kappa shape index (κ3) is 4.50. The van der Waals surface area contributed by atoms with Gasteiger partial charge < -0.3 is 20.1 Å². The van der Waals surface area contributed by atoms with E-state index in [9.17, 15) is 14.4 Å². The number of hydrogen-bond donors (Lipinski definition) is 2. The fourth-order valence-corrected chi connectivity index (χ4v) is 3.68. The Kier molecular flexibility index (Phi) is 5.99. The van der Waals surface area contributed by atoms with Gasteiger partial charge in [-0.2, -0.15) is 0 Å². The maximum Gasteiger partial charge on any atom is 0.329 e. The van der Waals surface area contributed by atoms with Crippen molar-refractivity contribution in [1.29, 1.82) is 0 Å². The van der Waals surface area contributed by atoms with Gasteiger partial charge in [-0.3, -0.25) is 9.59 Å². The van der Waals surface area contributed by atoms with Gasteiger partial charge in [0.05, 0.1) is 14.2 Å². The van der Waals surface area contributed by atoms with Crippen molar-refractivity contribution in [3.05, 3.63) is 71.4 Å². The molecule has 168 valence electrons. The van der Waals surface area contributed by atoms with E-state index in [0.717, 1.165) is 21.2 Å². The van der Waals surface area contributed by atoms with Gasteiger partial charge in [0.2, 0.25) is 5.91 Å². The number of carbonyl (C=O) groups excluding carboxylic acids is 3. The smallest absolute Gasteiger partial charge is 0.329 e. The summed E-state index contributed by atoms with van der Waals surface area (Å²) in [7, 11) is 3.10. The first-order valence-corrected chi connectivity index (χ1v) is 10.3. The number of benzene rings is 3. The number of amides is 4. The molecule has 0 aliphatic carbocycles. The summed E-state index contributed by atoms with van der Waals surface area (Å²) in [6.07, 6.45) is 1.55. The van der Waals surface area contributed by atoms with Crippen LogP contribution < -0.4 is 20.1 Å². The number of hydrogen-bond acceptors (Lipinski definition) is 5. The van der Waals surface area contributed by atoms with Gasteiger partial charge in [-0.05, 0) is 59.7 Å². The third-order valence-corrected chi connectivity index (χ3v) is 5.30. The van der Waals surface area contributed by atoms with Crippen LogP contribution >= 0.6 is 0 Å². The number of carbonyl (C=O) groups is 3. The second kappa shape index (κ2) is 9.04. The second-order valence-electron chi connectivity index (χ2n) is 7.57. The quantitative estimate of drug-likeness (QED) is 0.446. The van der Waals surface area contributed by atoms with Crippen molar-refractivity contribution in [1.82, 2.24) is 10.2 Å². The van der Waals surface area contributed by atoms with Crippen molar-refractivity contribution >= 4 is 40.4 Å². The number of rotatable bonds is 6. The van der Waals surface area contributed by atoms with E-state index in [1.807, 2.05) is 43.3 Å². The lowest BCUT2D eigenvalue weighted by Gasteiger charge is -2.12. The number of fused-ring (bicyclic) bond motifs is 1. The number of ether oxygens (including phenoxy) is 2. The molecule has 8 nitrogen and oxygen atoms in total. The Balaban J connectivity index is 1.61. The van der Waals surface area contributed by atoms with Gasteiger partial charge in [0.1, 0.15) is 23.7 Å². The molecule has 1 saturated heterocycles. The molecule has 1 aliphatic rings. The van der Waals surface area contributed by atoms with Gasteiger partial charge in [0.15, 0.2) is 0 Å². The van der Waals surface area contributed by atoms with Gasteiger partial charge in [-0.1, -0.05) is 24.3 Å². The largest absolute Gasteiger partial charge is 0.497 e. The van der Waals surface area contributed by atoms with E-state index in [0.29, 0.717) is 22.7 Å². The van der Waals surface area contributed by atoms with E-state index < -0.39 is 24.4 Å². The van der Waals surface area contributed by atoms with Gasteiger partial charge in [-0.25, -0.2) is 9.69 Å². The molecule has 0 saturated carbocycles. The average molecular weight is 445 g/mol. The number of urea groups is 1. The number of imide groups is 1. The first-order valence-electron chi connectivity index (χ1n) is 10.3. The fourth-order valence-electron chi connectivity index (χ4n) is 3.68. The number of methoxy groups -OCH3 is 2. The molecule has 0 aromatic heterocycles. The predicted octanol–water partition coefficient (Wildman–Crippen LogP) is 3.70. The molecule has 2 N–H and O–H groups in total. The van der Waals surface area contributed by atoms with Gasteiger partial charge in [0.25, 0.3) is 5.91 Å². The minimum Gasteiger partial charge on any atom is -0.497 e. The average Bonchev–Trinajstić information content (AvgIpc) is 3.06. The number of aryl methyl sites for hydroxylation is 1. The minimum atomic E-state index is -0.664. The summed E-state index contributed by atoms with van der Waals surface area (Å²) < 4.78 is 10.8. The van der Waals surface area contributed by atoms with Crippen LogP contribution in [0.2, 0.25) is 0 Å². The van der Waals surface area contributed by atoms with E-state index in [1.165, 1.54) is 7.11 Å². The SMILES string of the molecule is COc1ccc2ccc(OC)c(/C=C3/NC(=O)N(CC(=O)Nc4cccc(C)c4)C3=O)c2c1. The van der Waals surface area contributed by atoms with Crippen LogP contribution in [0.5, 0.6) is 11.5 Å². The highest BCUT2D eigenvalue weighted by Gasteiger charge is 2.35. The first-order chi connectivity index (χ1) is 15.9. The van der Waals surface area contributed by atoms with E-state index in [4.69, 9.17) is 9.47 Å². The molecular weight excluding hydrogens is 422 g/mol. The lowest BCUT2D eigenvalue weighted by atomic mass is 10.0. The molecule has 1 fully saturated rings. The molecule has 0 bridgehead atoms. The highest BCUT2D eigenvalue weighted by atomic mass is 16.5. The Hall–Kier alpha value is -4.33. The van der Waals surface area contributed by atoms with Crippen LogP contribution in [-0.4, -0.2) is 43.5 Å². The van der Waals surface area contributed by atoms with Crippen LogP contribution in [0.1, 0.15) is 11.1 Å². The number of nitrogens with zero attached hydrogens (tertiary/aromatic N) is 1. The Labute approximate surface area is 190 Å². The van der Waals surface area contributed by atoms with Gasteiger partial charge in [-0.15, -0.1) is 0 Å². The monoisotopic (exact) mass is 445 g/mol. The summed E-state index contributed by atoms with van der Waals surface area (Å²) >= 11 is 0. The van der Waals surface area contributed by atoms with E-state index in [-0.39, 0.29) is 5.70 Å². The maximum absolute atomic E-state index is 12.9. The molecule has 3 aromatic carbocycles. The molecule has 0 spiro atoms. The van der Waals surface area contributed by atoms with Crippen LogP contribution in [0.3, 0.4) is 0 Å². The van der Waals surface area contributed by atoms with Crippen LogP contribution in [-0.2, 0) is 9.59 Å². The summed E-state index contributed by atoms with van der Waals surface area (Å²) in [5.74, 6) is 0.103. The molecule has 4 amide bonds. The summed E-state index contributed by atoms with van der Waals surface area (Å²) in [4.78, 5) is 38.7. The number of nitrogens with one attached hydrogen (secondary N) is 2. The van der Waals surface area contributed by atoms with Crippen LogP contribution in [0, 0.1) is 6.92 Å². The van der Waals surface area contributed by atoms with E-state index in [2.05, 4.69) is 10.6 Å². The van der Waals surface area contributed by atoms with Crippen molar-refractivity contribution < 1.29 is 23.9 Å². The van der Waals surface area contributed by atoms with Gasteiger partial charge >= 0.3 is 6.03 Å². The normalized spacial score (nSPS) is 14.5. The summed E-state index contributed by atoms with van der Waals surface area (Å²) in [6, 6.07) is 15.8. The molecule has 4 rings (SSSR count). The molecule has 0 atom stereocenters. The lowest BCUT2D eigenvalue weighted by Crippen LogP contribution is -2.38. The fraction of sp³-hybridized carbons (Fsp3) is 0.160. The Morgan fingerprint density at radius 3 is 2.58 bits per heavy atom. The summed E-state index contributed by atoms with van der Waals surface area (Å²) in [5.41, 5.74) is 2.24. The standard InChI is InChI=1S/C25H23N3O5/c1-15-5-4-6-17(11-15)26-23(29)14-28-24(30)21(27-25(28)31)13-20-19-12-18(32-2)9-7-16(19)8-10-22(20)33-3/h4-13H,14H2,1-3H3,(H,26,29)(H,27,31)/b21-13+. The zero-order valence-corrected chi connectivity index (χ0v) is 18.5. The topological polar surface area (TPSA) is 97.0 Å². The molecule has 0 radical (unpaired) electrons. The van der Waals surface area contributed by atoms with Crippen molar-refractivity contribution in [3.8, 4) is 11.5 Å². The highest BCUT2D eigenvalue weighted by molar-refractivity contribution is 6.16. The maximum atomic E-state index is 12.9. The minimum absolute atomic E-state index is 0.0528. The van der Waals surface area contributed by atoms with Crippen molar-refractivity contribution in [2.24, 2.45) is 0 Å². The Morgan fingerprint density at radius 1 is 1.06 bits per heavy atom. The summed E-state index contributed by atoms with van der Waals surface area (Å²) in [6.45, 7) is 1.50. The molecule has 33 heavy (non-hydrogen) atoms. The lowest BCUT2D eigenvalue weighted by molar-refractivity contribution is -0.127. The van der Waals surface area contributed by atoms with Crippen molar-refractivity contribution in [3.63, 3.8) is 0 Å². The van der Waals surface area contributed by atoms with Crippen LogP contribution in [0.25, 0.3) is 16.8 Å². The zero-order valence-electron chi connectivity index (χ0n) is 18.5. The zero-order chi connectivity index (χ0) is 23.5. The van der Waals surface area contributed by atoms with Crippen molar-refractivity contribution in [2.75, 3.05) is 26.1 Å². The molecule has 8 heteroatoms. The number of anilines is 1. The molecule has 0 unspecified atom stereocenters. The Bertz CT molecular complexity index is 1290. The van der Waals surface area contributed by atoms with E-state index >= 15 is 0 Å². The second-order valence-corrected chi connectivity index (χ2v) is 7.57. The van der Waals surface area contributed by atoms with Crippen molar-refractivity contribution in [2.45, 2.75) is 6.92 Å². The predicted molar refractivity (Wildman–Crippen MR) is 125 cm³/mol. The Morgan fingerprint density at radius 2 is 1.85 bits per heavy atom. The third-order valence-electron chi connectivity index (χ3n) is 5.30. The molecular formula is C25H23N3O5. The van der Waals surface area contributed by atoms with Crippen LogP contribution in [0.15, 0.2) is 60.3 Å². The molecule has 1 aliphatic heterocycles. The molecule has 3 aromatic rings. The van der Waals surface area contributed by atoms with Gasteiger partial charge in [0, 0.05) is 11.3 Å². The first kappa shape index (κ1) is 21.9. The highest BCUT2D eigenvalue weighted by Crippen LogP contribution is 2.33. The van der Waals surface area contributed by atoms with E-state index in [1.54, 1.807) is 31.4 Å². The van der Waals surface area contributed by atoms with Crippen LogP contribution in [0.4, 0.5) is 10.5 Å².